The summed E-state index contributed by atoms with van der Waals surface area (Å²) in [5.74, 6) is -0.344. The summed E-state index contributed by atoms with van der Waals surface area (Å²) in [7, 11) is 3.39. The monoisotopic (exact) mass is 434 g/mol. The average molecular weight is 436 g/mol. The van der Waals surface area contributed by atoms with Crippen LogP contribution in [0.2, 0.25) is 0 Å². The van der Waals surface area contributed by atoms with E-state index in [0.717, 1.165) is 9.08 Å². The Balaban J connectivity index is 1.91. The minimum Gasteiger partial charge on any atom is -0.371 e. The van der Waals surface area contributed by atoms with E-state index in [-0.39, 0.29) is 18.0 Å². The number of nitrogens with one attached hydrogen (secondary N) is 1. The Morgan fingerprint density at radius 3 is 2.68 bits per heavy atom. The van der Waals surface area contributed by atoms with Crippen LogP contribution in [-0.4, -0.2) is 52.0 Å². The molecular formula is C13H16Br2N4O3. The summed E-state index contributed by atoms with van der Waals surface area (Å²) < 4.78 is 3.25. The van der Waals surface area contributed by atoms with Gasteiger partial charge in [-0.3, -0.25) is 4.79 Å². The molecule has 1 fully saturated rings. The van der Waals surface area contributed by atoms with E-state index in [9.17, 15) is 14.7 Å². The van der Waals surface area contributed by atoms with Crippen LogP contribution < -0.4 is 5.32 Å². The van der Waals surface area contributed by atoms with Crippen LogP contribution in [0.25, 0.3) is 0 Å². The van der Waals surface area contributed by atoms with Crippen molar-refractivity contribution < 1.29 is 14.7 Å². The summed E-state index contributed by atoms with van der Waals surface area (Å²) in [6.45, 7) is 0. The number of urea groups is 1. The molecular weight excluding hydrogens is 420 g/mol. The Morgan fingerprint density at radius 1 is 1.50 bits per heavy atom. The standard InChI is InChI=1S/C13H16Br2N4O3/c1-18-9(6-7(14)10(18)15)11(20)16-5-3-4-8-12(21)17-13(22)19(8)2/h5-6,8,12,21H,3-4H2,1-2H3,(H,17,22). The van der Waals surface area contributed by atoms with Gasteiger partial charge in [-0.15, -0.1) is 0 Å². The van der Waals surface area contributed by atoms with Crippen molar-refractivity contribution in [3.8, 4) is 0 Å². The maximum atomic E-state index is 12.0. The fraction of sp³-hybridized carbons (Fsp3) is 0.462. The largest absolute Gasteiger partial charge is 0.371 e. The van der Waals surface area contributed by atoms with E-state index in [1.54, 1.807) is 24.7 Å². The van der Waals surface area contributed by atoms with Crippen molar-refractivity contribution in [2.45, 2.75) is 25.1 Å². The second kappa shape index (κ2) is 6.93. The van der Waals surface area contributed by atoms with Gasteiger partial charge in [-0.05, 0) is 50.8 Å². The van der Waals surface area contributed by atoms with Gasteiger partial charge < -0.3 is 19.9 Å². The van der Waals surface area contributed by atoms with Gasteiger partial charge in [0.25, 0.3) is 5.91 Å². The third-order valence-corrected chi connectivity index (χ3v) is 5.68. The molecule has 3 amide bonds. The summed E-state index contributed by atoms with van der Waals surface area (Å²) in [6.07, 6.45) is 1.63. The Hall–Kier alpha value is -1.19. The Labute approximate surface area is 144 Å². The zero-order valence-corrected chi connectivity index (χ0v) is 15.3. The summed E-state index contributed by atoms with van der Waals surface area (Å²) in [4.78, 5) is 28.7. The van der Waals surface area contributed by atoms with Crippen molar-refractivity contribution in [2.24, 2.45) is 12.0 Å². The minimum absolute atomic E-state index is 0.302. The quantitative estimate of drug-likeness (QED) is 0.708. The first-order chi connectivity index (χ1) is 10.3. The number of rotatable bonds is 4. The summed E-state index contributed by atoms with van der Waals surface area (Å²) in [5.41, 5.74) is 0.463. The number of carbonyl (C=O) groups excluding carboxylic acids is 2. The lowest BCUT2D eigenvalue weighted by Gasteiger charge is -2.18. The van der Waals surface area contributed by atoms with Crippen LogP contribution in [0.5, 0.6) is 0 Å². The number of aliphatic hydroxyl groups is 1. The molecule has 2 atom stereocenters. The van der Waals surface area contributed by atoms with Crippen LogP contribution >= 0.6 is 31.9 Å². The summed E-state index contributed by atoms with van der Waals surface area (Å²) in [6, 6.07) is 1.08. The zero-order chi connectivity index (χ0) is 16.4. The van der Waals surface area contributed by atoms with E-state index >= 15 is 0 Å². The molecule has 0 aromatic carbocycles. The maximum Gasteiger partial charge on any atom is 0.319 e. The maximum absolute atomic E-state index is 12.0. The van der Waals surface area contributed by atoms with Crippen molar-refractivity contribution in [3.63, 3.8) is 0 Å². The van der Waals surface area contributed by atoms with Crippen LogP contribution in [0, 0.1) is 0 Å². The number of aliphatic imine (C=N–C) groups is 1. The number of carbonyl (C=O) groups is 2. The third-order valence-electron chi connectivity index (χ3n) is 3.59. The van der Waals surface area contributed by atoms with Gasteiger partial charge in [0.1, 0.15) is 11.9 Å². The molecule has 0 aliphatic carbocycles. The predicted octanol–water partition coefficient (Wildman–Crippen LogP) is 1.88. The number of amides is 3. The first kappa shape index (κ1) is 17.2. The first-order valence-corrected chi connectivity index (χ1v) is 8.20. The topological polar surface area (TPSA) is 86.9 Å². The lowest BCUT2D eigenvalue weighted by molar-refractivity contribution is 0.0995. The van der Waals surface area contributed by atoms with Gasteiger partial charge >= 0.3 is 6.03 Å². The Morgan fingerprint density at radius 2 is 2.18 bits per heavy atom. The molecule has 2 unspecified atom stereocenters. The average Bonchev–Trinajstić information content (AvgIpc) is 2.87. The Bertz CT molecular complexity index is 629. The van der Waals surface area contributed by atoms with Gasteiger partial charge in [-0.1, -0.05) is 0 Å². The highest BCUT2D eigenvalue weighted by Gasteiger charge is 2.34. The van der Waals surface area contributed by atoms with Gasteiger partial charge in [0.15, 0.2) is 0 Å². The van der Waals surface area contributed by atoms with E-state index in [4.69, 9.17) is 0 Å². The van der Waals surface area contributed by atoms with Crippen molar-refractivity contribution in [1.29, 1.82) is 0 Å². The van der Waals surface area contributed by atoms with Crippen molar-refractivity contribution in [1.82, 2.24) is 14.8 Å². The van der Waals surface area contributed by atoms with Crippen LogP contribution in [0.3, 0.4) is 0 Å². The lowest BCUT2D eigenvalue weighted by atomic mass is 10.1. The second-order valence-corrected chi connectivity index (χ2v) is 6.60. The van der Waals surface area contributed by atoms with Gasteiger partial charge in [0.05, 0.1) is 15.1 Å². The van der Waals surface area contributed by atoms with E-state index in [2.05, 4.69) is 42.2 Å². The number of hydrogen-bond acceptors (Lipinski definition) is 3. The van der Waals surface area contributed by atoms with Crippen molar-refractivity contribution in [2.75, 3.05) is 7.05 Å². The van der Waals surface area contributed by atoms with Crippen LogP contribution in [0.1, 0.15) is 23.3 Å². The molecule has 0 bridgehead atoms. The highest BCUT2D eigenvalue weighted by atomic mass is 79.9. The molecule has 9 heteroatoms. The number of hydrogen-bond donors (Lipinski definition) is 2. The smallest absolute Gasteiger partial charge is 0.319 e. The molecule has 0 saturated carbocycles. The van der Waals surface area contributed by atoms with Gasteiger partial charge in [-0.2, -0.15) is 0 Å². The third kappa shape index (κ3) is 3.41. The minimum atomic E-state index is -0.888. The number of halogens is 2. The van der Waals surface area contributed by atoms with Crippen molar-refractivity contribution >= 4 is 50.0 Å². The molecule has 0 spiro atoms. The van der Waals surface area contributed by atoms with Gasteiger partial charge in [-0.25, -0.2) is 9.79 Å². The highest BCUT2D eigenvalue weighted by molar-refractivity contribution is 9.13. The molecule has 22 heavy (non-hydrogen) atoms. The SMILES string of the molecule is CN1C(=O)NC(O)C1CCC=NC(=O)c1cc(Br)c(Br)n1C. The molecule has 1 aliphatic heterocycles. The molecule has 7 nitrogen and oxygen atoms in total. The molecule has 1 aromatic rings. The predicted molar refractivity (Wildman–Crippen MR) is 89.0 cm³/mol. The normalized spacial score (nSPS) is 21.7. The number of aliphatic hydroxyl groups excluding tert-OH is 1. The first-order valence-electron chi connectivity index (χ1n) is 6.62. The molecule has 0 radical (unpaired) electrons. The number of aromatic nitrogens is 1. The molecule has 2 N–H and O–H groups in total. The number of nitrogens with zero attached hydrogens (tertiary/aromatic N) is 3. The molecule has 2 heterocycles. The van der Waals surface area contributed by atoms with E-state index in [1.807, 2.05) is 0 Å². The fourth-order valence-corrected chi connectivity index (χ4v) is 3.03. The lowest BCUT2D eigenvalue weighted by Crippen LogP contribution is -2.34. The summed E-state index contributed by atoms with van der Waals surface area (Å²) >= 11 is 6.69. The van der Waals surface area contributed by atoms with Gasteiger partial charge in [0, 0.05) is 20.3 Å². The van der Waals surface area contributed by atoms with Crippen molar-refractivity contribution in [3.05, 3.63) is 20.8 Å². The zero-order valence-electron chi connectivity index (χ0n) is 12.1. The second-order valence-electron chi connectivity index (χ2n) is 4.99. The van der Waals surface area contributed by atoms with Crippen LogP contribution in [-0.2, 0) is 7.05 Å². The highest BCUT2D eigenvalue weighted by Crippen LogP contribution is 2.26. The fourth-order valence-electron chi connectivity index (χ4n) is 2.24. The van der Waals surface area contributed by atoms with E-state index in [1.165, 1.54) is 11.1 Å². The molecule has 1 saturated heterocycles. The molecule has 1 aliphatic rings. The molecule has 120 valence electrons. The summed E-state index contributed by atoms with van der Waals surface area (Å²) in [5, 5.41) is 12.1. The molecule has 1 aromatic heterocycles. The van der Waals surface area contributed by atoms with Crippen LogP contribution in [0.15, 0.2) is 20.1 Å². The van der Waals surface area contributed by atoms with Crippen LogP contribution in [0.4, 0.5) is 4.79 Å². The van der Waals surface area contributed by atoms with Gasteiger partial charge in [0.2, 0.25) is 0 Å². The number of likely N-dealkylation sites (N-methyl/N-ethyl adjacent to an activating group) is 1. The van der Waals surface area contributed by atoms with E-state index in [0.29, 0.717) is 18.5 Å². The Kier molecular flexibility index (Phi) is 5.41. The van der Waals surface area contributed by atoms with E-state index < -0.39 is 6.23 Å². The molecule has 2 rings (SSSR count).